The minimum absolute atomic E-state index is 0.255. The van der Waals surface area contributed by atoms with E-state index in [0.29, 0.717) is 35.7 Å². The molecule has 1 aromatic carbocycles. The van der Waals surface area contributed by atoms with Crippen LogP contribution in [0.3, 0.4) is 0 Å². The summed E-state index contributed by atoms with van der Waals surface area (Å²) in [5.41, 5.74) is 9.31. The van der Waals surface area contributed by atoms with Crippen LogP contribution in [0, 0.1) is 5.92 Å². The number of anilines is 1. The van der Waals surface area contributed by atoms with E-state index in [1.807, 2.05) is 42.7 Å². The highest BCUT2D eigenvalue weighted by Crippen LogP contribution is 2.29. The molecule has 2 N–H and O–H groups in total. The van der Waals surface area contributed by atoms with Crippen LogP contribution in [0.15, 0.2) is 24.3 Å². The molecule has 0 amide bonds. The van der Waals surface area contributed by atoms with Crippen molar-refractivity contribution in [1.29, 1.82) is 0 Å². The molecular formula is C19H24N4O2. The number of aromatic nitrogens is 3. The molecule has 0 fully saturated rings. The number of nitrogen functional groups attached to an aromatic ring is 1. The molecule has 0 aliphatic rings. The Kier molecular flexibility index (Phi) is 4.88. The number of esters is 1. The lowest BCUT2D eigenvalue weighted by Crippen LogP contribution is -2.13. The second kappa shape index (κ2) is 7.09. The van der Waals surface area contributed by atoms with Crippen LogP contribution < -0.4 is 5.73 Å². The van der Waals surface area contributed by atoms with Gasteiger partial charge in [-0.25, -0.2) is 14.8 Å². The van der Waals surface area contributed by atoms with Gasteiger partial charge in [-0.15, -0.1) is 0 Å². The molecule has 2 aromatic heterocycles. The zero-order valence-electron chi connectivity index (χ0n) is 15.0. The van der Waals surface area contributed by atoms with Crippen molar-refractivity contribution in [2.45, 2.75) is 40.2 Å². The second-order valence-electron chi connectivity index (χ2n) is 6.64. The number of aryl methyl sites for hydroxylation is 1. The Morgan fingerprint density at radius 3 is 2.56 bits per heavy atom. The molecular weight excluding hydrogens is 316 g/mol. The molecule has 25 heavy (non-hydrogen) atoms. The van der Waals surface area contributed by atoms with Crippen LogP contribution in [0.2, 0.25) is 0 Å². The maximum atomic E-state index is 12.6. The van der Waals surface area contributed by atoms with Gasteiger partial charge in [-0.05, 0) is 24.5 Å². The number of nitrogens with zero attached hydrogens (tertiary/aromatic N) is 3. The Balaban J connectivity index is 2.18. The van der Waals surface area contributed by atoms with E-state index in [1.54, 1.807) is 0 Å². The van der Waals surface area contributed by atoms with Gasteiger partial charge in [-0.2, -0.15) is 0 Å². The van der Waals surface area contributed by atoms with Crippen molar-refractivity contribution in [1.82, 2.24) is 14.5 Å². The summed E-state index contributed by atoms with van der Waals surface area (Å²) in [6.45, 7) is 7.15. The number of carbonyl (C=O) groups excluding carboxylic acids is 1. The Morgan fingerprint density at radius 2 is 1.92 bits per heavy atom. The van der Waals surface area contributed by atoms with Gasteiger partial charge in [-0.3, -0.25) is 0 Å². The summed E-state index contributed by atoms with van der Waals surface area (Å²) in [5, 5.41) is 0. The van der Waals surface area contributed by atoms with Crippen molar-refractivity contribution < 1.29 is 9.53 Å². The van der Waals surface area contributed by atoms with Crippen LogP contribution in [0.25, 0.3) is 22.2 Å². The lowest BCUT2D eigenvalue weighted by atomic mass is 10.2. The van der Waals surface area contributed by atoms with Crippen molar-refractivity contribution in [3.8, 4) is 0 Å². The van der Waals surface area contributed by atoms with E-state index in [1.165, 1.54) is 0 Å². The molecule has 0 radical (unpaired) electrons. The summed E-state index contributed by atoms with van der Waals surface area (Å²) in [7, 11) is 0. The Labute approximate surface area is 147 Å². The summed E-state index contributed by atoms with van der Waals surface area (Å²) in [5.74, 6) is 0.203. The van der Waals surface area contributed by atoms with Gasteiger partial charge in [0.05, 0.1) is 17.6 Å². The number of fused-ring (bicyclic) bond motifs is 2. The first-order valence-corrected chi connectivity index (χ1v) is 8.74. The largest absolute Gasteiger partial charge is 0.462 e. The van der Waals surface area contributed by atoms with E-state index < -0.39 is 5.97 Å². The summed E-state index contributed by atoms with van der Waals surface area (Å²) >= 11 is 0. The fraction of sp³-hybridized carbons (Fsp3) is 0.421. The number of ether oxygens (including phenoxy) is 1. The van der Waals surface area contributed by atoms with Crippen molar-refractivity contribution >= 4 is 34.0 Å². The molecule has 0 saturated carbocycles. The van der Waals surface area contributed by atoms with Gasteiger partial charge >= 0.3 is 5.97 Å². The highest BCUT2D eigenvalue weighted by molar-refractivity contribution is 6.08. The monoisotopic (exact) mass is 340 g/mol. The highest BCUT2D eigenvalue weighted by Gasteiger charge is 2.25. The van der Waals surface area contributed by atoms with Gasteiger partial charge in [0.15, 0.2) is 5.65 Å². The zero-order valence-corrected chi connectivity index (χ0v) is 15.0. The fourth-order valence-electron chi connectivity index (χ4n) is 2.78. The first-order valence-electron chi connectivity index (χ1n) is 8.74. The molecule has 132 valence electrons. The van der Waals surface area contributed by atoms with E-state index in [-0.39, 0.29) is 5.92 Å². The SMILES string of the molecule is CCCCn1c(N)c(C(=O)OCC(C)C)c2nc3ccccc3nc21. The van der Waals surface area contributed by atoms with Crippen molar-refractivity contribution in [3.05, 3.63) is 29.8 Å². The van der Waals surface area contributed by atoms with Crippen LogP contribution in [-0.2, 0) is 11.3 Å². The number of nitrogens with two attached hydrogens (primary N) is 1. The van der Waals surface area contributed by atoms with E-state index in [2.05, 4.69) is 11.9 Å². The standard InChI is InChI=1S/C19H24N4O2/c1-4-5-10-23-17(20)15(19(24)25-11-12(2)3)16-18(23)22-14-9-7-6-8-13(14)21-16/h6-9,12H,4-5,10-11,20H2,1-3H3. The summed E-state index contributed by atoms with van der Waals surface area (Å²) in [6, 6.07) is 7.61. The molecule has 0 spiro atoms. The summed E-state index contributed by atoms with van der Waals surface area (Å²) in [6.07, 6.45) is 1.97. The van der Waals surface area contributed by atoms with Gasteiger partial charge in [0.2, 0.25) is 0 Å². The molecule has 3 aromatic rings. The molecule has 0 unspecified atom stereocenters. The first-order chi connectivity index (χ1) is 12.0. The summed E-state index contributed by atoms with van der Waals surface area (Å²) in [4.78, 5) is 22.0. The molecule has 6 nitrogen and oxygen atoms in total. The number of hydrogen-bond acceptors (Lipinski definition) is 5. The lowest BCUT2D eigenvalue weighted by molar-refractivity contribution is 0.0462. The predicted octanol–water partition coefficient (Wildman–Crippen LogP) is 3.78. The van der Waals surface area contributed by atoms with E-state index >= 15 is 0 Å². The smallest absolute Gasteiger partial charge is 0.344 e. The number of unbranched alkanes of at least 4 members (excludes halogenated alkanes) is 1. The fourth-order valence-corrected chi connectivity index (χ4v) is 2.78. The van der Waals surface area contributed by atoms with Crippen LogP contribution in [0.5, 0.6) is 0 Å². The molecule has 0 bridgehead atoms. The number of para-hydroxylation sites is 2. The number of hydrogen-bond donors (Lipinski definition) is 1. The van der Waals surface area contributed by atoms with Gasteiger partial charge in [0.1, 0.15) is 16.9 Å². The zero-order chi connectivity index (χ0) is 18.0. The van der Waals surface area contributed by atoms with Gasteiger partial charge in [0.25, 0.3) is 0 Å². The van der Waals surface area contributed by atoms with Crippen molar-refractivity contribution in [2.75, 3.05) is 12.3 Å². The second-order valence-corrected chi connectivity index (χ2v) is 6.64. The van der Waals surface area contributed by atoms with Crippen molar-refractivity contribution in [2.24, 2.45) is 5.92 Å². The third kappa shape index (κ3) is 3.29. The lowest BCUT2D eigenvalue weighted by Gasteiger charge is -2.08. The Hall–Kier alpha value is -2.63. The van der Waals surface area contributed by atoms with E-state index in [9.17, 15) is 4.79 Å². The quantitative estimate of drug-likeness (QED) is 0.690. The minimum Gasteiger partial charge on any atom is -0.462 e. The molecule has 3 rings (SSSR count). The van der Waals surface area contributed by atoms with Gasteiger partial charge in [-0.1, -0.05) is 39.3 Å². The minimum atomic E-state index is -0.434. The highest BCUT2D eigenvalue weighted by atomic mass is 16.5. The van der Waals surface area contributed by atoms with Gasteiger partial charge < -0.3 is 15.0 Å². The average molecular weight is 340 g/mol. The number of benzene rings is 1. The maximum absolute atomic E-state index is 12.6. The Bertz CT molecular complexity index is 915. The van der Waals surface area contributed by atoms with Crippen LogP contribution in [0.4, 0.5) is 5.82 Å². The third-order valence-corrected chi connectivity index (χ3v) is 4.08. The predicted molar refractivity (Wildman–Crippen MR) is 99.5 cm³/mol. The van der Waals surface area contributed by atoms with Crippen molar-refractivity contribution in [3.63, 3.8) is 0 Å². The number of carbonyl (C=O) groups is 1. The molecule has 6 heteroatoms. The maximum Gasteiger partial charge on any atom is 0.344 e. The van der Waals surface area contributed by atoms with Crippen LogP contribution in [0.1, 0.15) is 44.0 Å². The normalized spacial score (nSPS) is 11.5. The van der Waals surface area contributed by atoms with E-state index in [0.717, 1.165) is 23.9 Å². The molecule has 2 heterocycles. The van der Waals surface area contributed by atoms with Crippen LogP contribution in [-0.4, -0.2) is 27.1 Å². The van der Waals surface area contributed by atoms with E-state index in [4.69, 9.17) is 15.5 Å². The average Bonchev–Trinajstić information content (AvgIpc) is 2.86. The Morgan fingerprint density at radius 1 is 1.24 bits per heavy atom. The van der Waals surface area contributed by atoms with Gasteiger partial charge in [0, 0.05) is 6.54 Å². The topological polar surface area (TPSA) is 83.0 Å². The van der Waals surface area contributed by atoms with Crippen LogP contribution >= 0.6 is 0 Å². The third-order valence-electron chi connectivity index (χ3n) is 4.08. The molecule has 0 aliphatic carbocycles. The first kappa shape index (κ1) is 17.2. The molecule has 0 aliphatic heterocycles. The summed E-state index contributed by atoms with van der Waals surface area (Å²) < 4.78 is 7.29. The molecule has 0 saturated heterocycles. The number of rotatable bonds is 6. The molecule has 0 atom stereocenters.